The zero-order valence-electron chi connectivity index (χ0n) is 15.5. The maximum Gasteiger partial charge on any atom is 0.243 e. The van der Waals surface area contributed by atoms with Crippen LogP contribution in [-0.2, 0) is 14.3 Å². The van der Waals surface area contributed by atoms with Gasteiger partial charge in [-0.15, -0.1) is 0 Å². The third-order valence-corrected chi connectivity index (χ3v) is 7.14. The van der Waals surface area contributed by atoms with Gasteiger partial charge in [-0.05, 0) is 50.9 Å². The van der Waals surface area contributed by atoms with Crippen molar-refractivity contribution in [3.05, 3.63) is 0 Å². The zero-order valence-corrected chi connectivity index (χ0v) is 15.5. The summed E-state index contributed by atoms with van der Waals surface area (Å²) in [6.07, 6.45) is 7.36. The van der Waals surface area contributed by atoms with E-state index in [9.17, 15) is 14.9 Å². The van der Waals surface area contributed by atoms with E-state index in [0.717, 1.165) is 32.4 Å². The third-order valence-electron chi connectivity index (χ3n) is 7.14. The van der Waals surface area contributed by atoms with Gasteiger partial charge >= 0.3 is 0 Å². The SMILES string of the molecule is N#CC1(C(=O)N2CC[C@@]3(CCCN(CC4CCC4)C3=O)C2)CCOCC1. The maximum atomic E-state index is 13.2. The molecule has 0 aromatic heterocycles. The van der Waals surface area contributed by atoms with E-state index in [4.69, 9.17) is 4.74 Å². The Hall–Kier alpha value is -1.61. The first kappa shape index (κ1) is 17.8. The Bertz CT molecular complexity index is 618. The van der Waals surface area contributed by atoms with Crippen molar-refractivity contribution in [3.8, 4) is 6.07 Å². The molecule has 1 atom stereocenters. The van der Waals surface area contributed by atoms with Gasteiger partial charge in [0.25, 0.3) is 0 Å². The van der Waals surface area contributed by atoms with E-state index in [1.807, 2.05) is 0 Å². The minimum atomic E-state index is -0.951. The van der Waals surface area contributed by atoms with Crippen molar-refractivity contribution in [1.82, 2.24) is 9.80 Å². The van der Waals surface area contributed by atoms with E-state index < -0.39 is 10.8 Å². The van der Waals surface area contributed by atoms with Crippen LogP contribution in [0.2, 0.25) is 0 Å². The van der Waals surface area contributed by atoms with Gasteiger partial charge < -0.3 is 14.5 Å². The molecule has 6 heteroatoms. The molecule has 26 heavy (non-hydrogen) atoms. The fourth-order valence-corrected chi connectivity index (χ4v) is 5.13. The first-order chi connectivity index (χ1) is 12.6. The Labute approximate surface area is 155 Å². The average Bonchev–Trinajstić information content (AvgIpc) is 3.06. The van der Waals surface area contributed by atoms with Crippen LogP contribution in [0.15, 0.2) is 0 Å². The van der Waals surface area contributed by atoms with Crippen molar-refractivity contribution in [2.24, 2.45) is 16.7 Å². The van der Waals surface area contributed by atoms with Crippen LogP contribution in [0.25, 0.3) is 0 Å². The summed E-state index contributed by atoms with van der Waals surface area (Å²) in [7, 11) is 0. The molecule has 1 aliphatic carbocycles. The molecule has 3 saturated heterocycles. The van der Waals surface area contributed by atoms with Crippen LogP contribution in [0.5, 0.6) is 0 Å². The van der Waals surface area contributed by atoms with Gasteiger partial charge in [0.1, 0.15) is 5.41 Å². The minimum absolute atomic E-state index is 0.0795. The second kappa shape index (κ2) is 6.84. The van der Waals surface area contributed by atoms with Crippen LogP contribution >= 0.6 is 0 Å². The average molecular weight is 359 g/mol. The summed E-state index contributed by atoms with van der Waals surface area (Å²) >= 11 is 0. The number of rotatable bonds is 3. The molecule has 0 aromatic carbocycles. The molecule has 0 radical (unpaired) electrons. The summed E-state index contributed by atoms with van der Waals surface area (Å²) < 4.78 is 5.35. The van der Waals surface area contributed by atoms with Crippen LogP contribution in [0.1, 0.15) is 51.4 Å². The highest BCUT2D eigenvalue weighted by atomic mass is 16.5. The summed E-state index contributed by atoms with van der Waals surface area (Å²) in [5.41, 5.74) is -1.35. The molecule has 1 saturated carbocycles. The number of piperidine rings is 1. The molecule has 2 amide bonds. The molecular weight excluding hydrogens is 330 g/mol. The molecule has 1 spiro atoms. The lowest BCUT2D eigenvalue weighted by Gasteiger charge is -2.42. The fourth-order valence-electron chi connectivity index (χ4n) is 5.13. The van der Waals surface area contributed by atoms with Gasteiger partial charge in [-0.3, -0.25) is 9.59 Å². The predicted octanol–water partition coefficient (Wildman–Crippen LogP) is 1.95. The predicted molar refractivity (Wildman–Crippen MR) is 94.9 cm³/mol. The molecule has 3 aliphatic heterocycles. The monoisotopic (exact) mass is 359 g/mol. The quantitative estimate of drug-likeness (QED) is 0.772. The van der Waals surface area contributed by atoms with Gasteiger partial charge in [-0.1, -0.05) is 6.42 Å². The number of carbonyl (C=O) groups is 2. The fraction of sp³-hybridized carbons (Fsp3) is 0.850. The lowest BCUT2D eigenvalue weighted by atomic mass is 9.76. The Morgan fingerprint density at radius 1 is 1.15 bits per heavy atom. The molecule has 4 fully saturated rings. The van der Waals surface area contributed by atoms with Gasteiger partial charge in [-0.2, -0.15) is 5.26 Å². The van der Waals surface area contributed by atoms with Crippen molar-refractivity contribution >= 4 is 11.8 Å². The second-order valence-electron chi connectivity index (χ2n) is 8.71. The number of nitriles is 1. The van der Waals surface area contributed by atoms with E-state index in [-0.39, 0.29) is 11.8 Å². The summed E-state index contributed by atoms with van der Waals surface area (Å²) in [6, 6.07) is 2.28. The van der Waals surface area contributed by atoms with E-state index >= 15 is 0 Å². The van der Waals surface area contributed by atoms with Crippen molar-refractivity contribution in [3.63, 3.8) is 0 Å². The number of nitrogens with zero attached hydrogens (tertiary/aromatic N) is 3. The number of amides is 2. The van der Waals surface area contributed by atoms with Gasteiger partial charge in [0.15, 0.2) is 0 Å². The Morgan fingerprint density at radius 2 is 1.92 bits per heavy atom. The lowest BCUT2D eigenvalue weighted by molar-refractivity contribution is -0.149. The number of hydrogen-bond donors (Lipinski definition) is 0. The van der Waals surface area contributed by atoms with Gasteiger partial charge in [0.05, 0.1) is 11.5 Å². The van der Waals surface area contributed by atoms with Crippen LogP contribution in [0, 0.1) is 28.1 Å². The van der Waals surface area contributed by atoms with E-state index in [2.05, 4.69) is 11.0 Å². The first-order valence-electron chi connectivity index (χ1n) is 10.2. The van der Waals surface area contributed by atoms with Gasteiger partial charge in [-0.25, -0.2) is 0 Å². The van der Waals surface area contributed by atoms with Crippen molar-refractivity contribution < 1.29 is 14.3 Å². The van der Waals surface area contributed by atoms with E-state index in [0.29, 0.717) is 45.1 Å². The Morgan fingerprint density at radius 3 is 2.58 bits per heavy atom. The van der Waals surface area contributed by atoms with Crippen LogP contribution in [-0.4, -0.2) is 61.0 Å². The normalized spacial score (nSPS) is 31.7. The molecule has 4 rings (SSSR count). The summed E-state index contributed by atoms with van der Waals surface area (Å²) in [4.78, 5) is 30.2. The Kier molecular flexibility index (Phi) is 4.68. The van der Waals surface area contributed by atoms with Crippen molar-refractivity contribution in [2.45, 2.75) is 51.4 Å². The Balaban J connectivity index is 1.45. The van der Waals surface area contributed by atoms with Crippen LogP contribution < -0.4 is 0 Å². The maximum absolute atomic E-state index is 13.2. The first-order valence-corrected chi connectivity index (χ1v) is 10.2. The molecule has 0 N–H and O–H groups in total. The third kappa shape index (κ3) is 2.90. The summed E-state index contributed by atoms with van der Waals surface area (Å²) in [5.74, 6) is 0.852. The number of likely N-dealkylation sites (tertiary alicyclic amines) is 2. The minimum Gasteiger partial charge on any atom is -0.381 e. The second-order valence-corrected chi connectivity index (χ2v) is 8.71. The van der Waals surface area contributed by atoms with Gasteiger partial charge in [0.2, 0.25) is 11.8 Å². The molecule has 0 aromatic rings. The topological polar surface area (TPSA) is 73.6 Å². The summed E-state index contributed by atoms with van der Waals surface area (Å²) in [6.45, 7) is 3.79. The number of carbonyl (C=O) groups excluding carboxylic acids is 2. The zero-order chi connectivity index (χ0) is 18.2. The lowest BCUT2D eigenvalue weighted by Crippen LogP contribution is -2.53. The van der Waals surface area contributed by atoms with Crippen LogP contribution in [0.3, 0.4) is 0 Å². The molecule has 0 unspecified atom stereocenters. The highest BCUT2D eigenvalue weighted by Gasteiger charge is 2.53. The highest BCUT2D eigenvalue weighted by molar-refractivity contribution is 5.89. The highest BCUT2D eigenvalue weighted by Crippen LogP contribution is 2.43. The van der Waals surface area contributed by atoms with E-state index in [1.54, 1.807) is 4.90 Å². The number of ether oxygens (including phenoxy) is 1. The molecule has 4 aliphatic rings. The van der Waals surface area contributed by atoms with Crippen molar-refractivity contribution in [1.29, 1.82) is 5.26 Å². The van der Waals surface area contributed by atoms with Gasteiger partial charge in [0, 0.05) is 39.4 Å². The molecule has 6 nitrogen and oxygen atoms in total. The largest absolute Gasteiger partial charge is 0.381 e. The molecule has 142 valence electrons. The molecular formula is C20H29N3O3. The van der Waals surface area contributed by atoms with Crippen molar-refractivity contribution in [2.75, 3.05) is 39.4 Å². The standard InChI is InChI=1S/C20H29N3O3/c21-14-19(7-11-26-12-8-19)17(24)23-10-6-20(15-23)5-2-9-22(18(20)25)13-16-3-1-4-16/h16H,1-13,15H2/t20-/m0/s1. The van der Waals surface area contributed by atoms with E-state index in [1.165, 1.54) is 19.3 Å². The molecule has 3 heterocycles. The number of hydrogen-bond acceptors (Lipinski definition) is 4. The van der Waals surface area contributed by atoms with Crippen LogP contribution in [0.4, 0.5) is 0 Å². The summed E-state index contributed by atoms with van der Waals surface area (Å²) in [5, 5.41) is 9.67. The smallest absolute Gasteiger partial charge is 0.243 e. The molecule has 0 bridgehead atoms.